The third-order valence-corrected chi connectivity index (χ3v) is 0. The standard InChI is InChI=1S/Cl4Si.Cl3P/c1-5(2,3)4;1-4(2)3. The van der Waals surface area contributed by atoms with Crippen LogP contribution in [0.25, 0.3) is 0 Å². The summed E-state index contributed by atoms with van der Waals surface area (Å²) in [5, 5.41) is -2.72. The summed E-state index contributed by atoms with van der Waals surface area (Å²) in [5.74, 6) is -1.20. The molecule has 9 heteroatoms. The molecule has 0 fully saturated rings. The topological polar surface area (TPSA) is 0 Å². The molecule has 0 aromatic carbocycles. The number of hydrogen-bond donors (Lipinski definition) is 0. The highest BCUT2D eigenvalue weighted by Crippen LogP contribution is 2.51. The molecule has 0 bridgehead atoms. The number of rotatable bonds is 0. The average molecular weight is 307 g/mol. The lowest BCUT2D eigenvalue weighted by Crippen LogP contribution is -1.91. The van der Waals surface area contributed by atoms with Crippen LogP contribution in [0.1, 0.15) is 0 Å². The lowest BCUT2D eigenvalue weighted by Gasteiger charge is -1.85. The van der Waals surface area contributed by atoms with Gasteiger partial charge in [0, 0.05) is 0 Å². The Kier molecular flexibility index (Phi) is 11.6. The van der Waals surface area contributed by atoms with E-state index in [1.54, 1.807) is 0 Å². The summed E-state index contributed by atoms with van der Waals surface area (Å²) >= 11 is 34.5. The molecule has 0 aromatic heterocycles. The molecule has 0 aliphatic carbocycles. The Bertz CT molecular complexity index is 45.7. The highest BCUT2D eigenvalue weighted by molar-refractivity contribution is 8.20. The maximum atomic E-state index is 4.97. The molecule has 0 atom stereocenters. The lowest BCUT2D eigenvalue weighted by molar-refractivity contribution is 3.80. The summed E-state index contributed by atoms with van der Waals surface area (Å²) in [7, 11) is 0. The van der Waals surface area contributed by atoms with Gasteiger partial charge in [-0.15, -0.1) is 44.3 Å². The van der Waals surface area contributed by atoms with Gasteiger partial charge in [0.15, 0.2) is 5.98 Å². The Morgan fingerprint density at radius 2 is 0.778 bits per heavy atom. The highest BCUT2D eigenvalue weighted by atomic mass is 36.0. The molecule has 0 aliphatic heterocycles. The van der Waals surface area contributed by atoms with Crippen molar-refractivity contribution in [2.45, 2.75) is 0 Å². The molecule has 0 unspecified atom stereocenters. The first kappa shape index (κ1) is 14.2. The second-order valence-corrected chi connectivity index (χ2v) is 16.7. The van der Waals surface area contributed by atoms with Crippen molar-refractivity contribution in [3.8, 4) is 0 Å². The summed E-state index contributed by atoms with van der Waals surface area (Å²) in [6.45, 7) is 0. The van der Waals surface area contributed by atoms with Crippen molar-refractivity contribution < 1.29 is 0 Å². The van der Waals surface area contributed by atoms with E-state index in [0.29, 0.717) is 0 Å². The van der Waals surface area contributed by atoms with Gasteiger partial charge in [-0.1, -0.05) is 33.7 Å². The Morgan fingerprint density at radius 3 is 0.778 bits per heavy atom. The maximum absolute atomic E-state index is 4.97. The van der Waals surface area contributed by atoms with Crippen LogP contribution in [0.3, 0.4) is 0 Å². The summed E-state index contributed by atoms with van der Waals surface area (Å²) in [6, 6.07) is 0. The fourth-order valence-electron chi connectivity index (χ4n) is 0. The monoisotopic (exact) mass is 304 g/mol. The Balaban J connectivity index is 0. The van der Waals surface area contributed by atoms with E-state index >= 15 is 0 Å². The van der Waals surface area contributed by atoms with Crippen molar-refractivity contribution in [1.82, 2.24) is 0 Å². The van der Waals surface area contributed by atoms with Crippen LogP contribution in [0, 0.1) is 0 Å². The van der Waals surface area contributed by atoms with Crippen molar-refractivity contribution in [2.24, 2.45) is 0 Å². The predicted octanol–water partition coefficient (Wildman–Crippen LogP) is 5.31. The van der Waals surface area contributed by atoms with E-state index in [2.05, 4.69) is 0 Å². The van der Waals surface area contributed by atoms with Crippen LogP contribution in [0.2, 0.25) is 0 Å². The molecule has 0 rings (SSSR count). The Labute approximate surface area is 88.6 Å². The number of halogens is 7. The van der Waals surface area contributed by atoms with Crippen molar-refractivity contribution in [3.05, 3.63) is 0 Å². The van der Waals surface area contributed by atoms with Crippen molar-refractivity contribution in [1.29, 1.82) is 0 Å². The van der Waals surface area contributed by atoms with E-state index in [1.165, 1.54) is 0 Å². The van der Waals surface area contributed by atoms with Gasteiger partial charge in [0.1, 0.15) is 0 Å². The predicted molar refractivity (Wildman–Crippen MR) is 53.6 cm³/mol. The Hall–Kier alpha value is 2.68. The van der Waals surface area contributed by atoms with Crippen molar-refractivity contribution in [3.63, 3.8) is 0 Å². The lowest BCUT2D eigenvalue weighted by atomic mass is 27.6. The number of hydrogen-bond acceptors (Lipinski definition) is 0. The van der Waals surface area contributed by atoms with Crippen LogP contribution in [-0.4, -0.2) is 5.31 Å². The van der Waals surface area contributed by atoms with Gasteiger partial charge in [-0.25, -0.2) is 0 Å². The molecular formula is Cl7PSi. The minimum atomic E-state index is -2.72. The van der Waals surface area contributed by atoms with Crippen molar-refractivity contribution >= 4 is 89.3 Å². The molecule has 0 heterocycles. The first-order chi connectivity index (χ1) is 3.73. The SMILES string of the molecule is ClP(Cl)Cl.Cl[Si](Cl)(Cl)Cl. The van der Waals surface area contributed by atoms with E-state index < -0.39 is 11.3 Å². The van der Waals surface area contributed by atoms with Gasteiger partial charge < -0.3 is 0 Å². The molecule has 58 valence electrons. The second kappa shape index (κ2) is 7.33. The van der Waals surface area contributed by atoms with Crippen LogP contribution in [0.15, 0.2) is 0 Å². The Morgan fingerprint density at radius 1 is 0.778 bits per heavy atom. The molecule has 0 saturated heterocycles. The normalized spacial score (nSPS) is 10.7. The first-order valence-electron chi connectivity index (χ1n) is 1.26. The van der Waals surface area contributed by atoms with Crippen molar-refractivity contribution in [2.75, 3.05) is 0 Å². The fraction of sp³-hybridized carbons (Fsp3) is 0. The molecule has 0 spiro atoms. The van der Waals surface area contributed by atoms with E-state index in [-0.39, 0.29) is 0 Å². The van der Waals surface area contributed by atoms with Gasteiger partial charge in [-0.05, 0) is 0 Å². The third kappa shape index (κ3) is 112. The van der Waals surface area contributed by atoms with Gasteiger partial charge in [0.2, 0.25) is 0 Å². The molecular weight excluding hydrogens is 307 g/mol. The minimum Gasteiger partial charge on any atom is -0.110 e. The molecule has 0 nitrogen and oxygen atoms in total. The van der Waals surface area contributed by atoms with Gasteiger partial charge in [-0.3, -0.25) is 0 Å². The van der Waals surface area contributed by atoms with Gasteiger partial charge >= 0.3 is 5.31 Å². The van der Waals surface area contributed by atoms with Gasteiger partial charge in [-0.2, -0.15) is 0 Å². The quantitative estimate of drug-likeness (QED) is 0.323. The summed E-state index contributed by atoms with van der Waals surface area (Å²) in [5.41, 5.74) is 0. The third-order valence-electron chi connectivity index (χ3n) is 0. The van der Waals surface area contributed by atoms with Gasteiger partial charge in [0.25, 0.3) is 0 Å². The summed E-state index contributed by atoms with van der Waals surface area (Å²) < 4.78 is 0. The van der Waals surface area contributed by atoms with E-state index in [0.717, 1.165) is 0 Å². The van der Waals surface area contributed by atoms with Gasteiger partial charge in [0.05, 0.1) is 0 Å². The average Bonchev–Trinajstić information content (AvgIpc) is 1.19. The van der Waals surface area contributed by atoms with Crippen LogP contribution in [0.4, 0.5) is 0 Å². The maximum Gasteiger partial charge on any atom is 0.440 e. The molecule has 0 saturated carbocycles. The zero-order valence-electron chi connectivity index (χ0n) is 3.59. The summed E-state index contributed by atoms with van der Waals surface area (Å²) in [4.78, 5) is 0. The molecule has 0 amide bonds. The summed E-state index contributed by atoms with van der Waals surface area (Å²) in [6.07, 6.45) is 0. The van der Waals surface area contributed by atoms with Crippen LogP contribution < -0.4 is 0 Å². The van der Waals surface area contributed by atoms with E-state index in [1.807, 2.05) is 0 Å². The minimum absolute atomic E-state index is 1.20. The largest absolute Gasteiger partial charge is 0.440 e. The molecule has 0 N–H and O–H groups in total. The smallest absolute Gasteiger partial charge is 0.110 e. The molecule has 0 aliphatic rings. The fourth-order valence-corrected chi connectivity index (χ4v) is 0. The van der Waals surface area contributed by atoms with E-state index in [9.17, 15) is 0 Å². The second-order valence-electron chi connectivity index (χ2n) is 0.620. The van der Waals surface area contributed by atoms with Crippen LogP contribution in [-0.2, 0) is 0 Å². The van der Waals surface area contributed by atoms with Crippen LogP contribution in [0.5, 0.6) is 0 Å². The zero-order valence-corrected chi connectivity index (χ0v) is 10.8. The molecule has 0 radical (unpaired) electrons. The zero-order chi connectivity index (χ0) is 8.08. The van der Waals surface area contributed by atoms with E-state index in [4.69, 9.17) is 78.0 Å². The highest BCUT2D eigenvalue weighted by Gasteiger charge is 2.19. The van der Waals surface area contributed by atoms with Crippen LogP contribution >= 0.6 is 84.0 Å². The first-order valence-corrected chi connectivity index (χ1v) is 11.4. The molecule has 0 aromatic rings. The molecule has 9 heavy (non-hydrogen) atoms.